The Kier molecular flexibility index (Phi) is 24.0. The van der Waals surface area contributed by atoms with Crippen molar-refractivity contribution >= 4 is 84.7 Å². The Bertz CT molecular complexity index is 4580. The topological polar surface area (TPSA) is 439 Å². The molecule has 12 N–H and O–H groups in total. The van der Waals surface area contributed by atoms with E-state index >= 15 is 0 Å². The molecule has 4 amide bonds. The number of ether oxygens (including phenoxy) is 1. The standard InChI is InChI=1S/C23H23N7O2.C22H19BrN6O2.C14H16N6O2.C6H6BrN3O2/c1-25-12-14-4-6-16(7-5-14)21-28-29-22(32-21)19-20(24)26-13-18(27-19)15-8-10-17(11-9-15)23(31)30(2)3;1-29(2)22(30)16-9-7-14(8-10-16)17-12-25-19(24)18(26-17)21-28-27-20(31-21)15-5-3-13(11-23)4-6-15;1-20(2)14(22)9-5-3-8(4-6-9)10-7-17-12(15)11(18-10)13(21)19-16;1-12-6(11)4-5(8)9-2-3(7)10-4/h4-11,13,25H,12H2,1-3H3,(H2,24,26);3-10,12H,11H2,1-2H3,(H2,24,25);3-7H,16H2,1-2H3,(H2,15,17)(H,19,21);2H,1H3,(H2,8,9). The second kappa shape index (κ2) is 32.8. The average Bonchev–Trinajstić information content (AvgIpc) is 1.80. The molecule has 0 atom stereocenters. The molecule has 496 valence electrons. The lowest BCUT2D eigenvalue weighted by atomic mass is 10.1. The van der Waals surface area contributed by atoms with E-state index in [9.17, 15) is 24.0 Å². The minimum absolute atomic E-state index is 0.00824. The van der Waals surface area contributed by atoms with Crippen LogP contribution in [-0.2, 0) is 16.6 Å². The van der Waals surface area contributed by atoms with E-state index in [-0.39, 0.29) is 64.2 Å². The number of alkyl halides is 1. The Morgan fingerprint density at radius 3 is 1.19 bits per heavy atom. The lowest BCUT2D eigenvalue weighted by Gasteiger charge is -2.10. The predicted octanol–water partition coefficient (Wildman–Crippen LogP) is 7.54. The van der Waals surface area contributed by atoms with Gasteiger partial charge < -0.3 is 56.5 Å². The number of nitrogens with two attached hydrogens (primary N) is 5. The summed E-state index contributed by atoms with van der Waals surface area (Å²) >= 11 is 6.48. The Hall–Kier alpha value is -11.9. The zero-order valence-electron chi connectivity index (χ0n) is 53.4. The van der Waals surface area contributed by atoms with Crippen molar-refractivity contribution in [2.45, 2.75) is 11.9 Å². The monoisotopic (exact) mass is 1440 g/mol. The molecule has 0 aliphatic carbocycles. The third-order valence-electron chi connectivity index (χ3n) is 13.6. The first-order valence-corrected chi connectivity index (χ1v) is 30.7. The van der Waals surface area contributed by atoms with Crippen molar-refractivity contribution < 1.29 is 37.5 Å². The molecule has 30 nitrogen and oxygen atoms in total. The fourth-order valence-corrected chi connectivity index (χ4v) is 9.14. The van der Waals surface area contributed by atoms with Gasteiger partial charge in [0.05, 0.1) is 49.0 Å². The Labute approximate surface area is 571 Å². The van der Waals surface area contributed by atoms with Crippen LogP contribution in [0.3, 0.4) is 0 Å². The van der Waals surface area contributed by atoms with Gasteiger partial charge >= 0.3 is 5.97 Å². The molecule has 0 aliphatic rings. The van der Waals surface area contributed by atoms with E-state index in [1.807, 2.05) is 85.3 Å². The van der Waals surface area contributed by atoms with E-state index in [4.69, 9.17) is 37.6 Å². The minimum Gasteiger partial charge on any atom is -0.464 e. The van der Waals surface area contributed by atoms with Crippen LogP contribution in [0.25, 0.3) is 79.8 Å². The summed E-state index contributed by atoms with van der Waals surface area (Å²) in [6.07, 6.45) is 5.99. The molecule has 11 rings (SSSR count). The molecule has 5 aromatic carbocycles. The molecule has 0 saturated heterocycles. The predicted molar refractivity (Wildman–Crippen MR) is 370 cm³/mol. The van der Waals surface area contributed by atoms with Crippen LogP contribution < -0.4 is 39.5 Å². The first kappa shape index (κ1) is 71.0. The van der Waals surface area contributed by atoms with Gasteiger partial charge in [-0.25, -0.2) is 50.5 Å². The SMILES string of the molecule is CN(C)C(=O)c1ccc(-c2cnc(N)c(-c3nnc(-c4ccc(CBr)cc4)o3)n2)cc1.CN(C)C(=O)c1ccc(-c2cnc(N)c(C(=O)NN)n2)cc1.CNCc1ccc(-c2nnc(-c3nc(-c4ccc(C(=O)N(C)C)cc4)cnc3N)o2)cc1.COC(=O)c1nc(Br)cnc1N. The average molecular weight is 1440 g/mol. The number of nitrogen functional groups attached to an aromatic ring is 5. The van der Waals surface area contributed by atoms with Gasteiger partial charge in [0.25, 0.3) is 35.4 Å². The molecule has 0 saturated carbocycles. The van der Waals surface area contributed by atoms with Crippen molar-refractivity contribution in [1.82, 2.24) is 85.7 Å². The number of benzene rings is 5. The number of anilines is 4. The highest BCUT2D eigenvalue weighted by Gasteiger charge is 2.21. The number of esters is 1. The van der Waals surface area contributed by atoms with E-state index in [0.29, 0.717) is 67.1 Å². The third-order valence-corrected chi connectivity index (χ3v) is 14.6. The lowest BCUT2D eigenvalue weighted by Crippen LogP contribution is -2.31. The van der Waals surface area contributed by atoms with Crippen molar-refractivity contribution in [3.05, 3.63) is 190 Å². The fraction of sp³-hybridized carbons (Fsp3) is 0.154. The summed E-state index contributed by atoms with van der Waals surface area (Å²) in [5, 5.41) is 20.3. The van der Waals surface area contributed by atoms with Gasteiger partial charge in [-0.15, -0.1) is 20.4 Å². The van der Waals surface area contributed by atoms with Gasteiger partial charge in [-0.2, -0.15) is 0 Å². The van der Waals surface area contributed by atoms with E-state index in [1.165, 1.54) is 34.2 Å². The van der Waals surface area contributed by atoms with Crippen LogP contribution in [-0.4, -0.2) is 161 Å². The summed E-state index contributed by atoms with van der Waals surface area (Å²) in [6.45, 7) is 0.776. The number of methoxy groups -OCH3 is 1. The van der Waals surface area contributed by atoms with Crippen LogP contribution in [0, 0.1) is 0 Å². The number of hydrogen-bond acceptors (Lipinski definition) is 26. The first-order chi connectivity index (χ1) is 46.5. The normalized spacial score (nSPS) is 10.5. The summed E-state index contributed by atoms with van der Waals surface area (Å²) in [6, 6.07) is 36.7. The molecular weight excluding hydrogens is 1380 g/mol. The Morgan fingerprint density at radius 1 is 0.464 bits per heavy atom. The maximum atomic E-state index is 12.1. The maximum absolute atomic E-state index is 12.1. The van der Waals surface area contributed by atoms with Gasteiger partial charge in [0.1, 0.15) is 4.60 Å². The molecule has 32 heteroatoms. The third kappa shape index (κ3) is 18.1. The maximum Gasteiger partial charge on any atom is 0.360 e. The first-order valence-electron chi connectivity index (χ1n) is 28.8. The smallest absolute Gasteiger partial charge is 0.360 e. The van der Waals surface area contributed by atoms with Gasteiger partial charge in [0.15, 0.2) is 46.0 Å². The highest BCUT2D eigenvalue weighted by Crippen LogP contribution is 2.31. The number of amides is 4. The van der Waals surface area contributed by atoms with Crippen LogP contribution >= 0.6 is 31.9 Å². The van der Waals surface area contributed by atoms with Crippen LogP contribution in [0.2, 0.25) is 0 Å². The number of aromatic nitrogens is 12. The molecule has 11 aromatic rings. The van der Waals surface area contributed by atoms with Gasteiger partial charge in [-0.3, -0.25) is 24.6 Å². The van der Waals surface area contributed by atoms with Crippen LogP contribution in [0.4, 0.5) is 23.3 Å². The zero-order chi connectivity index (χ0) is 70.0. The van der Waals surface area contributed by atoms with E-state index in [1.54, 1.807) is 103 Å². The quantitative estimate of drug-likeness (QED) is 0.0171. The molecule has 0 radical (unpaired) electrons. The molecule has 0 spiro atoms. The van der Waals surface area contributed by atoms with Gasteiger partial charge in [0.2, 0.25) is 11.8 Å². The molecule has 0 fully saturated rings. The number of halogens is 2. The Morgan fingerprint density at radius 2 is 0.814 bits per heavy atom. The lowest BCUT2D eigenvalue weighted by molar-refractivity contribution is 0.0593. The minimum atomic E-state index is -0.619. The second-order valence-corrected chi connectivity index (χ2v) is 22.4. The zero-order valence-corrected chi connectivity index (χ0v) is 56.6. The van der Waals surface area contributed by atoms with Crippen molar-refractivity contribution in [2.75, 3.05) is 79.4 Å². The van der Waals surface area contributed by atoms with Gasteiger partial charge in [-0.1, -0.05) is 76.6 Å². The Balaban J connectivity index is 0.000000174. The highest BCUT2D eigenvalue weighted by molar-refractivity contribution is 9.10. The summed E-state index contributed by atoms with van der Waals surface area (Å²) < 4.78 is 16.5. The summed E-state index contributed by atoms with van der Waals surface area (Å²) in [4.78, 5) is 96.3. The van der Waals surface area contributed by atoms with E-state index < -0.39 is 11.9 Å². The van der Waals surface area contributed by atoms with Gasteiger partial charge in [0, 0.05) is 98.7 Å². The van der Waals surface area contributed by atoms with Crippen molar-refractivity contribution in [1.29, 1.82) is 0 Å². The molecule has 6 aromatic heterocycles. The van der Waals surface area contributed by atoms with Crippen LogP contribution in [0.1, 0.15) is 63.2 Å². The molecule has 0 unspecified atom stereocenters. The second-order valence-electron chi connectivity index (χ2n) is 21.1. The molecule has 6 heterocycles. The van der Waals surface area contributed by atoms with Crippen LogP contribution in [0.5, 0.6) is 0 Å². The number of rotatable bonds is 15. The number of hydrazine groups is 1. The van der Waals surface area contributed by atoms with Gasteiger partial charge in [-0.05, 0) is 94.8 Å². The molecular formula is C65H64Br2N22O8. The largest absolute Gasteiger partial charge is 0.464 e. The number of carbonyl (C=O) groups is 5. The van der Waals surface area contributed by atoms with E-state index in [2.05, 4.69) is 102 Å². The molecule has 0 aliphatic heterocycles. The van der Waals surface area contributed by atoms with Crippen LogP contribution in [0.15, 0.2) is 160 Å². The molecule has 0 bridgehead atoms. The number of hydrogen-bond donors (Lipinski definition) is 7. The van der Waals surface area contributed by atoms with Crippen molar-refractivity contribution in [3.63, 3.8) is 0 Å². The summed E-state index contributed by atoms with van der Waals surface area (Å²) in [5.41, 5.74) is 35.1. The highest BCUT2D eigenvalue weighted by atomic mass is 79.9. The summed E-state index contributed by atoms with van der Waals surface area (Å²) in [5.74, 6) is 5.16. The van der Waals surface area contributed by atoms with Crippen molar-refractivity contribution in [2.24, 2.45) is 5.84 Å². The number of nitrogens with zero attached hydrogens (tertiary/aromatic N) is 15. The number of nitrogens with one attached hydrogen (secondary N) is 2. The fourth-order valence-electron chi connectivity index (χ4n) is 8.49. The van der Waals surface area contributed by atoms with E-state index in [0.717, 1.165) is 45.3 Å². The molecule has 97 heavy (non-hydrogen) atoms. The number of carbonyl (C=O) groups excluding carboxylic acids is 5. The van der Waals surface area contributed by atoms with Crippen molar-refractivity contribution in [3.8, 4) is 79.8 Å². The summed E-state index contributed by atoms with van der Waals surface area (Å²) in [7, 11) is 13.4.